The van der Waals surface area contributed by atoms with Crippen LogP contribution in [0, 0.1) is 0 Å². The minimum atomic E-state index is -1.05. The lowest BCUT2D eigenvalue weighted by molar-refractivity contribution is -0.149. The molecule has 0 aliphatic rings. The molecule has 3 rings (SSSR count). The fourth-order valence-corrected chi connectivity index (χ4v) is 2.56. The van der Waals surface area contributed by atoms with E-state index in [-0.39, 0.29) is 0 Å². The first kappa shape index (κ1) is 19.8. The van der Waals surface area contributed by atoms with Crippen molar-refractivity contribution in [2.24, 2.45) is 0 Å². The molecule has 0 aliphatic heterocycles. The molecular weight excluding hydrogens is 370 g/mol. The molecule has 1 heterocycles. The van der Waals surface area contributed by atoms with E-state index in [1.54, 1.807) is 78.9 Å². The van der Waals surface area contributed by atoms with E-state index < -0.39 is 30.4 Å². The maximum absolute atomic E-state index is 12.6. The number of hydrogen-bond donors (Lipinski definition) is 2. The van der Waals surface area contributed by atoms with Gasteiger partial charge in [0, 0.05) is 11.8 Å². The van der Waals surface area contributed by atoms with Gasteiger partial charge in [-0.3, -0.25) is 9.59 Å². The number of aromatic nitrogens is 1. The van der Waals surface area contributed by atoms with Gasteiger partial charge in [-0.25, -0.2) is 9.78 Å². The first-order valence-corrected chi connectivity index (χ1v) is 8.92. The summed E-state index contributed by atoms with van der Waals surface area (Å²) in [5.41, 5.74) is 0.959. The Morgan fingerprint density at radius 1 is 0.862 bits per heavy atom. The zero-order valence-corrected chi connectivity index (χ0v) is 15.4. The van der Waals surface area contributed by atoms with Crippen LogP contribution >= 0.6 is 0 Å². The predicted molar refractivity (Wildman–Crippen MR) is 107 cm³/mol. The van der Waals surface area contributed by atoms with Gasteiger partial charge in [-0.2, -0.15) is 0 Å². The molecule has 29 heavy (non-hydrogen) atoms. The monoisotopic (exact) mass is 389 g/mol. The Balaban J connectivity index is 1.66. The standard InChI is InChI=1S/C22H19N3O4/c26-19(24-18-13-7-8-14-23-18)15-29-22(28)20(16-9-3-1-4-10-16)25-21(27)17-11-5-2-6-12-17/h1-14,20H,15H2,(H,25,27)(H,23,24,26). The van der Waals surface area contributed by atoms with Crippen molar-refractivity contribution in [1.82, 2.24) is 10.3 Å². The Bertz CT molecular complexity index is 963. The van der Waals surface area contributed by atoms with Gasteiger partial charge in [-0.1, -0.05) is 54.6 Å². The number of benzene rings is 2. The maximum Gasteiger partial charge on any atom is 0.333 e. The van der Waals surface area contributed by atoms with E-state index in [2.05, 4.69) is 15.6 Å². The number of anilines is 1. The van der Waals surface area contributed by atoms with Gasteiger partial charge in [-0.05, 0) is 29.8 Å². The molecule has 0 bridgehead atoms. The number of ether oxygens (including phenoxy) is 1. The summed E-state index contributed by atoms with van der Waals surface area (Å²) in [5, 5.41) is 5.19. The topological polar surface area (TPSA) is 97.4 Å². The number of pyridine rings is 1. The van der Waals surface area contributed by atoms with Crippen LogP contribution in [0.15, 0.2) is 85.1 Å². The molecule has 1 atom stereocenters. The molecule has 0 saturated carbocycles. The van der Waals surface area contributed by atoms with Crippen LogP contribution in [-0.2, 0) is 14.3 Å². The van der Waals surface area contributed by atoms with E-state index in [1.165, 1.54) is 6.20 Å². The number of carbonyl (C=O) groups is 3. The van der Waals surface area contributed by atoms with Crippen LogP contribution in [0.1, 0.15) is 22.0 Å². The molecule has 0 saturated heterocycles. The summed E-state index contributed by atoms with van der Waals surface area (Å²) in [4.78, 5) is 41.1. The third-order valence-electron chi connectivity index (χ3n) is 3.96. The highest BCUT2D eigenvalue weighted by Gasteiger charge is 2.25. The molecule has 3 aromatic rings. The third kappa shape index (κ3) is 5.74. The van der Waals surface area contributed by atoms with Gasteiger partial charge < -0.3 is 15.4 Å². The van der Waals surface area contributed by atoms with Crippen LogP contribution in [-0.4, -0.2) is 29.4 Å². The van der Waals surface area contributed by atoms with Crippen molar-refractivity contribution in [3.05, 3.63) is 96.2 Å². The summed E-state index contributed by atoms with van der Waals surface area (Å²) in [6.07, 6.45) is 1.53. The molecule has 2 N–H and O–H groups in total. The van der Waals surface area contributed by atoms with E-state index in [4.69, 9.17) is 4.74 Å². The van der Waals surface area contributed by atoms with Crippen LogP contribution in [0.5, 0.6) is 0 Å². The summed E-state index contributed by atoms with van der Waals surface area (Å²) < 4.78 is 5.14. The van der Waals surface area contributed by atoms with Crippen molar-refractivity contribution in [2.75, 3.05) is 11.9 Å². The average Bonchev–Trinajstić information content (AvgIpc) is 2.77. The van der Waals surface area contributed by atoms with Crippen molar-refractivity contribution in [1.29, 1.82) is 0 Å². The largest absolute Gasteiger partial charge is 0.454 e. The number of nitrogens with one attached hydrogen (secondary N) is 2. The van der Waals surface area contributed by atoms with Gasteiger partial charge in [0.1, 0.15) is 5.82 Å². The number of carbonyl (C=O) groups excluding carboxylic acids is 3. The lowest BCUT2D eigenvalue weighted by Gasteiger charge is -2.18. The highest BCUT2D eigenvalue weighted by atomic mass is 16.5. The molecule has 1 unspecified atom stereocenters. The van der Waals surface area contributed by atoms with Crippen LogP contribution < -0.4 is 10.6 Å². The zero-order chi connectivity index (χ0) is 20.5. The first-order chi connectivity index (χ1) is 14.1. The quantitative estimate of drug-likeness (QED) is 0.606. The number of hydrogen-bond acceptors (Lipinski definition) is 5. The first-order valence-electron chi connectivity index (χ1n) is 8.92. The lowest BCUT2D eigenvalue weighted by Crippen LogP contribution is -2.36. The minimum Gasteiger partial charge on any atom is -0.454 e. The Kier molecular flexibility index (Phi) is 6.67. The molecule has 1 aromatic heterocycles. The molecule has 0 aliphatic carbocycles. The van der Waals surface area contributed by atoms with E-state index in [0.717, 1.165) is 0 Å². The molecule has 0 fully saturated rings. The SMILES string of the molecule is O=C(COC(=O)C(NC(=O)c1ccccc1)c1ccccc1)Nc1ccccn1. The number of nitrogens with zero attached hydrogens (tertiary/aromatic N) is 1. The summed E-state index contributed by atoms with van der Waals surface area (Å²) in [6, 6.07) is 21.2. The summed E-state index contributed by atoms with van der Waals surface area (Å²) >= 11 is 0. The molecule has 2 amide bonds. The van der Waals surface area contributed by atoms with Crippen LogP contribution in [0.2, 0.25) is 0 Å². The maximum atomic E-state index is 12.6. The Morgan fingerprint density at radius 2 is 1.52 bits per heavy atom. The smallest absolute Gasteiger partial charge is 0.333 e. The second-order valence-corrected chi connectivity index (χ2v) is 6.05. The van der Waals surface area contributed by atoms with Crippen molar-refractivity contribution >= 4 is 23.6 Å². The van der Waals surface area contributed by atoms with E-state index in [0.29, 0.717) is 16.9 Å². The fraction of sp³-hybridized carbons (Fsp3) is 0.0909. The van der Waals surface area contributed by atoms with E-state index in [9.17, 15) is 14.4 Å². The number of amides is 2. The fourth-order valence-electron chi connectivity index (χ4n) is 2.56. The molecule has 7 heteroatoms. The Hall–Kier alpha value is -4.00. The highest BCUT2D eigenvalue weighted by molar-refractivity contribution is 5.97. The van der Waals surface area contributed by atoms with Gasteiger partial charge in [0.2, 0.25) is 0 Å². The number of esters is 1. The number of rotatable bonds is 7. The third-order valence-corrected chi connectivity index (χ3v) is 3.96. The molecular formula is C22H19N3O4. The van der Waals surface area contributed by atoms with Gasteiger partial charge in [0.15, 0.2) is 12.6 Å². The van der Waals surface area contributed by atoms with Crippen molar-refractivity contribution in [3.63, 3.8) is 0 Å². The predicted octanol–water partition coefficient (Wildman–Crippen LogP) is 2.73. The van der Waals surface area contributed by atoms with Gasteiger partial charge in [-0.15, -0.1) is 0 Å². The average molecular weight is 389 g/mol. The van der Waals surface area contributed by atoms with Crippen LogP contribution in [0.3, 0.4) is 0 Å². The van der Waals surface area contributed by atoms with Gasteiger partial charge in [0.05, 0.1) is 0 Å². The second-order valence-electron chi connectivity index (χ2n) is 6.05. The van der Waals surface area contributed by atoms with E-state index >= 15 is 0 Å². The van der Waals surface area contributed by atoms with E-state index in [1.807, 2.05) is 0 Å². The van der Waals surface area contributed by atoms with Crippen molar-refractivity contribution in [2.45, 2.75) is 6.04 Å². The molecule has 7 nitrogen and oxygen atoms in total. The summed E-state index contributed by atoms with van der Waals surface area (Å²) in [5.74, 6) is -1.34. The lowest BCUT2D eigenvalue weighted by atomic mass is 10.1. The molecule has 0 radical (unpaired) electrons. The highest BCUT2D eigenvalue weighted by Crippen LogP contribution is 2.16. The second kappa shape index (κ2) is 9.80. The minimum absolute atomic E-state index is 0.352. The van der Waals surface area contributed by atoms with Crippen molar-refractivity contribution in [3.8, 4) is 0 Å². The summed E-state index contributed by atoms with van der Waals surface area (Å²) in [6.45, 7) is -0.500. The Morgan fingerprint density at radius 3 is 2.17 bits per heavy atom. The molecule has 0 spiro atoms. The zero-order valence-electron chi connectivity index (χ0n) is 15.4. The van der Waals surface area contributed by atoms with Gasteiger partial charge >= 0.3 is 5.97 Å². The molecule has 2 aromatic carbocycles. The molecule has 146 valence electrons. The van der Waals surface area contributed by atoms with Gasteiger partial charge in [0.25, 0.3) is 11.8 Å². The van der Waals surface area contributed by atoms with Crippen molar-refractivity contribution < 1.29 is 19.1 Å². The van der Waals surface area contributed by atoms with Crippen LogP contribution in [0.25, 0.3) is 0 Å². The Labute approximate surface area is 167 Å². The summed E-state index contributed by atoms with van der Waals surface area (Å²) in [7, 11) is 0. The van der Waals surface area contributed by atoms with Crippen LogP contribution in [0.4, 0.5) is 5.82 Å². The normalized spacial score (nSPS) is 11.2.